The summed E-state index contributed by atoms with van der Waals surface area (Å²) in [6.07, 6.45) is 6.74. The molecule has 0 aliphatic heterocycles. The van der Waals surface area contributed by atoms with Gasteiger partial charge in [0.2, 0.25) is 5.13 Å². The number of aldehydes is 1. The number of hydrogen-bond acceptors (Lipinski definition) is 6. The van der Waals surface area contributed by atoms with E-state index >= 15 is 0 Å². The molecule has 2 aromatic rings. The number of rotatable bonds is 7. The van der Waals surface area contributed by atoms with E-state index in [0.29, 0.717) is 28.8 Å². The van der Waals surface area contributed by atoms with E-state index in [2.05, 4.69) is 15.5 Å². The van der Waals surface area contributed by atoms with E-state index in [4.69, 9.17) is 4.74 Å². The van der Waals surface area contributed by atoms with Crippen molar-refractivity contribution in [3.8, 4) is 5.75 Å². The molecule has 0 saturated heterocycles. The topological polar surface area (TPSA) is 81.2 Å². The zero-order valence-corrected chi connectivity index (χ0v) is 15.6. The van der Waals surface area contributed by atoms with Gasteiger partial charge < -0.3 is 4.74 Å². The highest BCUT2D eigenvalue weighted by molar-refractivity contribution is 7.15. The molecule has 1 N–H and O–H groups in total. The Morgan fingerprint density at radius 3 is 2.65 bits per heavy atom. The number of ether oxygens (including phenoxy) is 1. The molecule has 1 aliphatic rings. The lowest BCUT2D eigenvalue weighted by molar-refractivity contribution is -0.122. The highest BCUT2D eigenvalue weighted by Crippen LogP contribution is 2.35. The molecule has 1 aromatic carbocycles. The fourth-order valence-electron chi connectivity index (χ4n) is 3.10. The molecule has 1 saturated carbocycles. The molecular weight excluding hydrogens is 350 g/mol. The van der Waals surface area contributed by atoms with E-state index < -0.39 is 6.10 Å². The number of nitrogens with one attached hydrogen (secondary N) is 1. The summed E-state index contributed by atoms with van der Waals surface area (Å²) < 4.78 is 5.75. The van der Waals surface area contributed by atoms with Gasteiger partial charge in [-0.15, -0.1) is 10.2 Å². The molecule has 0 spiro atoms. The number of benzene rings is 1. The number of carbonyl (C=O) groups is 2. The average Bonchev–Trinajstić information content (AvgIpc) is 3.15. The van der Waals surface area contributed by atoms with Gasteiger partial charge in [0.05, 0.1) is 0 Å². The Morgan fingerprint density at radius 2 is 2.00 bits per heavy atom. The summed E-state index contributed by atoms with van der Waals surface area (Å²) in [6.45, 7) is 1.89. The van der Waals surface area contributed by atoms with Crippen LogP contribution in [0.15, 0.2) is 24.3 Å². The molecule has 1 amide bonds. The SMILES string of the molecule is CCC(Oc1ccc(C=O)cc1)C(=O)Nc1nnc(C2CCCCC2)s1. The van der Waals surface area contributed by atoms with E-state index in [1.165, 1.54) is 30.6 Å². The summed E-state index contributed by atoms with van der Waals surface area (Å²) in [5.74, 6) is 0.789. The van der Waals surface area contributed by atoms with Gasteiger partial charge in [-0.3, -0.25) is 14.9 Å². The van der Waals surface area contributed by atoms with E-state index in [-0.39, 0.29) is 5.91 Å². The van der Waals surface area contributed by atoms with Crippen molar-refractivity contribution in [2.24, 2.45) is 0 Å². The second kappa shape index (κ2) is 8.89. The molecule has 1 aliphatic carbocycles. The Morgan fingerprint density at radius 1 is 1.27 bits per heavy atom. The van der Waals surface area contributed by atoms with E-state index in [1.54, 1.807) is 24.3 Å². The number of hydrogen-bond donors (Lipinski definition) is 1. The molecule has 0 radical (unpaired) electrons. The van der Waals surface area contributed by atoms with Crippen molar-refractivity contribution in [3.05, 3.63) is 34.8 Å². The van der Waals surface area contributed by atoms with Crippen molar-refractivity contribution in [1.29, 1.82) is 0 Å². The summed E-state index contributed by atoms with van der Waals surface area (Å²) in [4.78, 5) is 23.2. The minimum Gasteiger partial charge on any atom is -0.481 e. The smallest absolute Gasteiger partial charge is 0.267 e. The maximum Gasteiger partial charge on any atom is 0.267 e. The van der Waals surface area contributed by atoms with Crippen molar-refractivity contribution in [1.82, 2.24) is 10.2 Å². The van der Waals surface area contributed by atoms with Gasteiger partial charge in [-0.25, -0.2) is 0 Å². The van der Waals surface area contributed by atoms with Gasteiger partial charge in [0, 0.05) is 11.5 Å². The second-order valence-corrected chi connectivity index (χ2v) is 7.48. The number of aromatic nitrogens is 2. The van der Waals surface area contributed by atoms with Crippen LogP contribution in [0.25, 0.3) is 0 Å². The van der Waals surface area contributed by atoms with Crippen LogP contribution in [0.3, 0.4) is 0 Å². The van der Waals surface area contributed by atoms with Crippen molar-refractivity contribution >= 4 is 28.7 Å². The third-order valence-electron chi connectivity index (χ3n) is 4.58. The maximum absolute atomic E-state index is 12.5. The van der Waals surface area contributed by atoms with Crippen LogP contribution in [0.2, 0.25) is 0 Å². The van der Waals surface area contributed by atoms with Crippen LogP contribution < -0.4 is 10.1 Å². The molecule has 1 unspecified atom stereocenters. The van der Waals surface area contributed by atoms with Gasteiger partial charge >= 0.3 is 0 Å². The Kier molecular flexibility index (Phi) is 6.33. The van der Waals surface area contributed by atoms with Crippen LogP contribution in [-0.2, 0) is 4.79 Å². The lowest BCUT2D eigenvalue weighted by Crippen LogP contribution is -2.32. The molecule has 1 atom stereocenters. The van der Waals surface area contributed by atoms with Crippen LogP contribution in [0.1, 0.15) is 66.7 Å². The molecule has 1 heterocycles. The first-order chi connectivity index (χ1) is 12.7. The molecule has 26 heavy (non-hydrogen) atoms. The molecular formula is C19H23N3O3S. The highest BCUT2D eigenvalue weighted by Gasteiger charge is 2.23. The molecule has 138 valence electrons. The quantitative estimate of drug-likeness (QED) is 0.736. The van der Waals surface area contributed by atoms with E-state index in [1.807, 2.05) is 6.92 Å². The fraction of sp³-hybridized carbons (Fsp3) is 0.474. The summed E-state index contributed by atoms with van der Waals surface area (Å²) in [6, 6.07) is 6.69. The third-order valence-corrected chi connectivity index (χ3v) is 5.58. The summed E-state index contributed by atoms with van der Waals surface area (Å²) in [7, 11) is 0. The molecule has 3 rings (SSSR count). The minimum atomic E-state index is -0.626. The number of anilines is 1. The van der Waals surface area contributed by atoms with Crippen LogP contribution in [0.4, 0.5) is 5.13 Å². The maximum atomic E-state index is 12.5. The van der Waals surface area contributed by atoms with Crippen molar-refractivity contribution < 1.29 is 14.3 Å². The second-order valence-electron chi connectivity index (χ2n) is 6.47. The molecule has 7 heteroatoms. The van der Waals surface area contributed by atoms with Crippen molar-refractivity contribution in [2.45, 2.75) is 57.5 Å². The summed E-state index contributed by atoms with van der Waals surface area (Å²) >= 11 is 1.46. The Balaban J connectivity index is 1.59. The zero-order chi connectivity index (χ0) is 18.4. The standard InChI is InChI=1S/C19H23N3O3S/c1-2-16(25-15-10-8-13(12-23)9-11-15)17(24)20-19-22-21-18(26-19)14-6-4-3-5-7-14/h8-12,14,16H,2-7H2,1H3,(H,20,22,24). The van der Waals surface area contributed by atoms with Crippen LogP contribution in [-0.4, -0.2) is 28.5 Å². The van der Waals surface area contributed by atoms with Gasteiger partial charge in [-0.1, -0.05) is 37.5 Å². The lowest BCUT2D eigenvalue weighted by Gasteiger charge is -2.18. The van der Waals surface area contributed by atoms with Crippen LogP contribution in [0, 0.1) is 0 Å². The summed E-state index contributed by atoms with van der Waals surface area (Å²) in [5.41, 5.74) is 0.568. The van der Waals surface area contributed by atoms with Gasteiger partial charge in [-0.05, 0) is 43.5 Å². The number of amides is 1. The molecule has 1 aromatic heterocycles. The first-order valence-corrected chi connectivity index (χ1v) is 9.87. The Labute approximate surface area is 157 Å². The van der Waals surface area contributed by atoms with E-state index in [9.17, 15) is 9.59 Å². The normalized spacial score (nSPS) is 16.0. The highest BCUT2D eigenvalue weighted by atomic mass is 32.1. The van der Waals surface area contributed by atoms with Gasteiger partial charge in [0.25, 0.3) is 5.91 Å². The van der Waals surface area contributed by atoms with Gasteiger partial charge in [-0.2, -0.15) is 0 Å². The number of nitrogens with zero attached hydrogens (tertiary/aromatic N) is 2. The van der Waals surface area contributed by atoms with Crippen molar-refractivity contribution in [2.75, 3.05) is 5.32 Å². The monoisotopic (exact) mass is 373 g/mol. The zero-order valence-electron chi connectivity index (χ0n) is 14.8. The molecule has 6 nitrogen and oxygen atoms in total. The summed E-state index contributed by atoms with van der Waals surface area (Å²) in [5, 5.41) is 12.7. The Bertz CT molecular complexity index is 739. The van der Waals surface area contributed by atoms with Crippen LogP contribution in [0.5, 0.6) is 5.75 Å². The predicted octanol–water partition coefficient (Wildman–Crippen LogP) is 4.19. The third kappa shape index (κ3) is 4.66. The molecule has 1 fully saturated rings. The lowest BCUT2D eigenvalue weighted by atomic mass is 9.90. The van der Waals surface area contributed by atoms with E-state index in [0.717, 1.165) is 24.1 Å². The fourth-order valence-corrected chi connectivity index (χ4v) is 4.01. The predicted molar refractivity (Wildman–Crippen MR) is 101 cm³/mol. The van der Waals surface area contributed by atoms with Crippen LogP contribution >= 0.6 is 11.3 Å². The Hall–Kier alpha value is -2.28. The molecule has 0 bridgehead atoms. The first kappa shape index (κ1) is 18.5. The average molecular weight is 373 g/mol. The van der Waals surface area contributed by atoms with Gasteiger partial charge in [0.15, 0.2) is 6.10 Å². The number of carbonyl (C=O) groups excluding carboxylic acids is 2. The van der Waals surface area contributed by atoms with Gasteiger partial charge in [0.1, 0.15) is 17.0 Å². The first-order valence-electron chi connectivity index (χ1n) is 9.05. The minimum absolute atomic E-state index is 0.238. The van der Waals surface area contributed by atoms with Crippen molar-refractivity contribution in [3.63, 3.8) is 0 Å². The largest absolute Gasteiger partial charge is 0.481 e.